The molecule has 0 unspecified atom stereocenters. The molecule has 7 heteroatoms. The van der Waals surface area contributed by atoms with Gasteiger partial charge in [0.2, 0.25) is 5.95 Å². The molecule has 2 aromatic rings. The summed E-state index contributed by atoms with van der Waals surface area (Å²) in [5.74, 6) is -0.987. The third kappa shape index (κ3) is 2.94. The lowest BCUT2D eigenvalue weighted by Crippen LogP contribution is -2.13. The number of halogens is 2. The van der Waals surface area contributed by atoms with Gasteiger partial charge in [-0.2, -0.15) is 4.39 Å². The average Bonchev–Trinajstić information content (AvgIpc) is 2.32. The highest BCUT2D eigenvalue weighted by Gasteiger charge is 2.08. The summed E-state index contributed by atoms with van der Waals surface area (Å²) in [7, 11) is 0. The quantitative estimate of drug-likeness (QED) is 0.829. The maximum Gasteiger partial charge on any atom is 0.257 e. The Bertz CT molecular complexity index is 546. The van der Waals surface area contributed by atoms with Gasteiger partial charge in [0.05, 0.1) is 0 Å². The molecule has 0 atom stereocenters. The molecule has 2 aromatic heterocycles. The van der Waals surface area contributed by atoms with Crippen LogP contribution in [0.1, 0.15) is 10.4 Å². The van der Waals surface area contributed by atoms with Crippen LogP contribution in [0, 0.1) is 5.95 Å². The van der Waals surface area contributed by atoms with E-state index in [0.29, 0.717) is 0 Å². The molecule has 0 aliphatic heterocycles. The second kappa shape index (κ2) is 4.84. The third-order valence-corrected chi connectivity index (χ3v) is 2.06. The molecule has 86 valence electrons. The lowest BCUT2D eigenvalue weighted by molar-refractivity contribution is 0.102. The van der Waals surface area contributed by atoms with E-state index in [1.54, 1.807) is 0 Å². The van der Waals surface area contributed by atoms with E-state index < -0.39 is 11.9 Å². The first-order valence-corrected chi connectivity index (χ1v) is 4.95. The first-order chi connectivity index (χ1) is 8.15. The minimum atomic E-state index is -0.722. The van der Waals surface area contributed by atoms with E-state index in [4.69, 9.17) is 11.6 Å². The van der Waals surface area contributed by atoms with E-state index in [1.165, 1.54) is 24.4 Å². The van der Waals surface area contributed by atoms with Gasteiger partial charge in [-0.25, -0.2) is 4.98 Å². The summed E-state index contributed by atoms with van der Waals surface area (Å²) < 4.78 is 12.8. The van der Waals surface area contributed by atoms with E-state index in [-0.39, 0.29) is 16.5 Å². The molecular formula is C10H6ClFN4O. The Kier molecular flexibility index (Phi) is 3.24. The lowest BCUT2D eigenvalue weighted by atomic mass is 10.2. The number of anilines is 1. The van der Waals surface area contributed by atoms with E-state index in [0.717, 1.165) is 6.07 Å². The highest BCUT2D eigenvalue weighted by atomic mass is 35.5. The van der Waals surface area contributed by atoms with Gasteiger partial charge in [-0.05, 0) is 18.2 Å². The number of carbonyl (C=O) groups is 1. The Morgan fingerprint density at radius 1 is 1.29 bits per heavy atom. The first kappa shape index (κ1) is 11.4. The number of rotatable bonds is 2. The Labute approximate surface area is 101 Å². The number of amides is 1. The van der Waals surface area contributed by atoms with Gasteiger partial charge in [0.1, 0.15) is 0 Å². The minimum Gasteiger partial charge on any atom is -0.305 e. The standard InChI is InChI=1S/C10H6ClFN4O/c11-7-1-2-9(16-15-7)14-10(17)6-3-4-13-8(12)5-6/h1-5H,(H,14,16,17). The van der Waals surface area contributed by atoms with Crippen molar-refractivity contribution in [2.24, 2.45) is 0 Å². The van der Waals surface area contributed by atoms with E-state index in [1.807, 2.05) is 0 Å². The van der Waals surface area contributed by atoms with Gasteiger partial charge < -0.3 is 5.32 Å². The highest BCUT2D eigenvalue weighted by molar-refractivity contribution is 6.29. The summed E-state index contributed by atoms with van der Waals surface area (Å²) in [5, 5.41) is 9.87. The van der Waals surface area contributed by atoms with Crippen molar-refractivity contribution in [3.8, 4) is 0 Å². The number of hydrogen-bond acceptors (Lipinski definition) is 4. The van der Waals surface area contributed by atoms with Crippen molar-refractivity contribution in [3.05, 3.63) is 47.1 Å². The smallest absolute Gasteiger partial charge is 0.257 e. The van der Waals surface area contributed by atoms with Crippen LogP contribution >= 0.6 is 11.6 Å². The predicted molar refractivity (Wildman–Crippen MR) is 59.2 cm³/mol. The number of nitrogens with zero attached hydrogens (tertiary/aromatic N) is 3. The van der Waals surface area contributed by atoms with Gasteiger partial charge in [0, 0.05) is 17.8 Å². The van der Waals surface area contributed by atoms with Crippen molar-refractivity contribution >= 4 is 23.3 Å². The molecule has 0 spiro atoms. The highest BCUT2D eigenvalue weighted by Crippen LogP contribution is 2.08. The van der Waals surface area contributed by atoms with Gasteiger partial charge >= 0.3 is 0 Å². The summed E-state index contributed by atoms with van der Waals surface area (Å²) in [4.78, 5) is 15.0. The molecule has 0 aliphatic rings. The molecule has 17 heavy (non-hydrogen) atoms. The summed E-state index contributed by atoms with van der Waals surface area (Å²) in [5.41, 5.74) is 0.147. The van der Waals surface area contributed by atoms with Crippen LogP contribution in [0.15, 0.2) is 30.5 Å². The topological polar surface area (TPSA) is 67.8 Å². The first-order valence-electron chi connectivity index (χ1n) is 4.57. The number of carbonyl (C=O) groups excluding carboxylic acids is 1. The van der Waals surface area contributed by atoms with Crippen LogP contribution in [-0.4, -0.2) is 21.1 Å². The Morgan fingerprint density at radius 2 is 2.12 bits per heavy atom. The SMILES string of the molecule is O=C(Nc1ccc(Cl)nn1)c1ccnc(F)c1. The Balaban J connectivity index is 2.14. The predicted octanol–water partition coefficient (Wildman–Crippen LogP) is 1.92. The summed E-state index contributed by atoms with van der Waals surface area (Å²) in [6.45, 7) is 0. The maximum atomic E-state index is 12.8. The molecule has 0 aromatic carbocycles. The van der Waals surface area contributed by atoms with Crippen LogP contribution < -0.4 is 5.32 Å². The molecule has 2 rings (SSSR count). The van der Waals surface area contributed by atoms with Crippen LogP contribution in [0.2, 0.25) is 5.15 Å². The number of pyridine rings is 1. The zero-order valence-electron chi connectivity index (χ0n) is 8.39. The van der Waals surface area contributed by atoms with E-state index in [2.05, 4.69) is 20.5 Å². The molecular weight excluding hydrogens is 247 g/mol. The monoisotopic (exact) mass is 252 g/mol. The molecule has 5 nitrogen and oxygen atoms in total. The van der Waals surface area contributed by atoms with Crippen LogP contribution in [0.25, 0.3) is 0 Å². The zero-order valence-corrected chi connectivity index (χ0v) is 9.15. The van der Waals surface area contributed by atoms with Gasteiger partial charge in [-0.3, -0.25) is 4.79 Å². The van der Waals surface area contributed by atoms with Crippen LogP contribution in [0.4, 0.5) is 10.2 Å². The van der Waals surface area contributed by atoms with Crippen molar-refractivity contribution in [1.29, 1.82) is 0 Å². The van der Waals surface area contributed by atoms with Crippen molar-refractivity contribution in [2.45, 2.75) is 0 Å². The second-order valence-electron chi connectivity index (χ2n) is 3.06. The normalized spacial score (nSPS) is 10.0. The van der Waals surface area contributed by atoms with Gasteiger partial charge in [0.25, 0.3) is 5.91 Å². The van der Waals surface area contributed by atoms with Gasteiger partial charge in [-0.1, -0.05) is 11.6 Å². The summed E-state index contributed by atoms with van der Waals surface area (Å²) >= 11 is 5.54. The lowest BCUT2D eigenvalue weighted by Gasteiger charge is -2.03. The number of hydrogen-bond donors (Lipinski definition) is 1. The molecule has 0 saturated heterocycles. The second-order valence-corrected chi connectivity index (χ2v) is 3.45. The van der Waals surface area contributed by atoms with Crippen molar-refractivity contribution in [2.75, 3.05) is 5.32 Å². The van der Waals surface area contributed by atoms with Crippen LogP contribution in [0.5, 0.6) is 0 Å². The molecule has 0 radical (unpaired) electrons. The van der Waals surface area contributed by atoms with Crippen molar-refractivity contribution in [3.63, 3.8) is 0 Å². The molecule has 2 heterocycles. The fourth-order valence-corrected chi connectivity index (χ4v) is 1.22. The molecule has 0 saturated carbocycles. The fourth-order valence-electron chi connectivity index (χ4n) is 1.11. The third-order valence-electron chi connectivity index (χ3n) is 1.86. The summed E-state index contributed by atoms with van der Waals surface area (Å²) in [6.07, 6.45) is 1.21. The van der Waals surface area contributed by atoms with Gasteiger partial charge in [0.15, 0.2) is 11.0 Å². The van der Waals surface area contributed by atoms with Gasteiger partial charge in [-0.15, -0.1) is 10.2 Å². The summed E-state index contributed by atoms with van der Waals surface area (Å²) in [6, 6.07) is 5.39. The maximum absolute atomic E-state index is 12.8. The number of nitrogens with one attached hydrogen (secondary N) is 1. The Morgan fingerprint density at radius 3 is 2.76 bits per heavy atom. The van der Waals surface area contributed by atoms with Crippen LogP contribution in [-0.2, 0) is 0 Å². The molecule has 1 amide bonds. The number of aromatic nitrogens is 3. The fraction of sp³-hybridized carbons (Fsp3) is 0. The van der Waals surface area contributed by atoms with Crippen molar-refractivity contribution in [1.82, 2.24) is 15.2 Å². The zero-order chi connectivity index (χ0) is 12.3. The van der Waals surface area contributed by atoms with Crippen molar-refractivity contribution < 1.29 is 9.18 Å². The molecule has 0 aliphatic carbocycles. The molecule has 0 fully saturated rings. The van der Waals surface area contributed by atoms with Crippen LogP contribution in [0.3, 0.4) is 0 Å². The Hall–Kier alpha value is -2.08. The minimum absolute atomic E-state index is 0.147. The largest absolute Gasteiger partial charge is 0.305 e. The van der Waals surface area contributed by atoms with E-state index >= 15 is 0 Å². The molecule has 0 bridgehead atoms. The van der Waals surface area contributed by atoms with E-state index in [9.17, 15) is 9.18 Å². The molecule has 1 N–H and O–H groups in total. The average molecular weight is 253 g/mol.